The van der Waals surface area contributed by atoms with Gasteiger partial charge in [0, 0.05) is 16.1 Å². The Bertz CT molecular complexity index is 1280. The van der Waals surface area contributed by atoms with Gasteiger partial charge in [-0.3, -0.25) is 4.79 Å². The summed E-state index contributed by atoms with van der Waals surface area (Å²) in [4.78, 5) is 12.9. The van der Waals surface area contributed by atoms with Gasteiger partial charge in [-0.1, -0.05) is 41.9 Å². The molecular formula is C21H19ClN8O3. The van der Waals surface area contributed by atoms with E-state index in [4.69, 9.17) is 22.1 Å². The molecule has 168 valence electrons. The second-order valence-electron chi connectivity index (χ2n) is 6.77. The Kier molecular flexibility index (Phi) is 6.60. The smallest absolute Gasteiger partial charge is 0.294 e. The first-order valence-electron chi connectivity index (χ1n) is 9.93. The number of amides is 1. The molecule has 0 saturated carbocycles. The molecule has 0 spiro atoms. The highest BCUT2D eigenvalue weighted by molar-refractivity contribution is 6.33. The number of carbonyl (C=O) groups excluding carboxylic acids is 1. The number of hydrogen-bond acceptors (Lipinski definition) is 9. The van der Waals surface area contributed by atoms with Gasteiger partial charge >= 0.3 is 0 Å². The van der Waals surface area contributed by atoms with Gasteiger partial charge in [0.25, 0.3) is 5.91 Å². The van der Waals surface area contributed by atoms with E-state index in [-0.39, 0.29) is 17.3 Å². The maximum Gasteiger partial charge on any atom is 0.294 e. The molecule has 2 heterocycles. The molecule has 0 fully saturated rings. The summed E-state index contributed by atoms with van der Waals surface area (Å²) >= 11 is 6.11. The zero-order chi connectivity index (χ0) is 23.2. The minimum absolute atomic E-state index is 0.00376. The Morgan fingerprint density at radius 3 is 2.73 bits per heavy atom. The molecule has 0 unspecified atom stereocenters. The first kappa shape index (κ1) is 22.0. The molecule has 4 rings (SSSR count). The quantitative estimate of drug-likeness (QED) is 0.297. The number of nitrogen functional groups attached to an aromatic ring is 1. The van der Waals surface area contributed by atoms with Crippen LogP contribution in [0.5, 0.6) is 5.75 Å². The standard InChI is InChI=1S/C21H19ClN8O3/c1-2-11-32-15-9-7-13(8-10-15)18-17(25-29-30(18)20-19(23)27-33-28-20)21(31)26-24-12-14-5-3-4-6-16(14)22/h3-10,12H,2,11H2,1H3,(H2,23,27)(H,26,31). The van der Waals surface area contributed by atoms with Gasteiger partial charge in [-0.25, -0.2) is 10.1 Å². The van der Waals surface area contributed by atoms with Crippen molar-refractivity contribution in [3.05, 3.63) is 64.8 Å². The largest absolute Gasteiger partial charge is 0.494 e. The molecule has 1 amide bonds. The molecule has 0 aliphatic rings. The number of nitrogens with two attached hydrogens (primary N) is 1. The molecule has 3 N–H and O–H groups in total. The maximum atomic E-state index is 12.9. The van der Waals surface area contributed by atoms with E-state index in [1.807, 2.05) is 13.0 Å². The maximum absolute atomic E-state index is 12.9. The number of ether oxygens (including phenoxy) is 1. The Morgan fingerprint density at radius 1 is 1.24 bits per heavy atom. The van der Waals surface area contributed by atoms with Crippen LogP contribution < -0.4 is 15.9 Å². The molecule has 11 nitrogen and oxygen atoms in total. The summed E-state index contributed by atoms with van der Waals surface area (Å²) in [5.41, 5.74) is 9.85. The number of anilines is 1. The third-order valence-corrected chi connectivity index (χ3v) is 4.80. The Morgan fingerprint density at radius 2 is 2.03 bits per heavy atom. The van der Waals surface area contributed by atoms with Crippen molar-refractivity contribution in [1.29, 1.82) is 0 Å². The van der Waals surface area contributed by atoms with E-state index in [1.165, 1.54) is 10.9 Å². The molecule has 0 bridgehead atoms. The van der Waals surface area contributed by atoms with E-state index in [9.17, 15) is 4.79 Å². The average Bonchev–Trinajstić information content (AvgIpc) is 3.45. The van der Waals surface area contributed by atoms with Crippen molar-refractivity contribution in [3.8, 4) is 22.8 Å². The van der Waals surface area contributed by atoms with Gasteiger partial charge < -0.3 is 10.5 Å². The molecule has 33 heavy (non-hydrogen) atoms. The van der Waals surface area contributed by atoms with Crippen LogP contribution in [-0.4, -0.2) is 44.0 Å². The van der Waals surface area contributed by atoms with Crippen LogP contribution in [0.2, 0.25) is 5.02 Å². The van der Waals surface area contributed by atoms with Gasteiger partial charge in [-0.2, -0.15) is 9.78 Å². The number of rotatable bonds is 8. The number of hydrogen-bond donors (Lipinski definition) is 2. The van der Waals surface area contributed by atoms with Crippen LogP contribution in [0.15, 0.2) is 58.3 Å². The van der Waals surface area contributed by atoms with E-state index in [2.05, 4.69) is 35.8 Å². The number of nitrogens with zero attached hydrogens (tertiary/aromatic N) is 6. The summed E-state index contributed by atoms with van der Waals surface area (Å²) in [5.74, 6) is 0.189. The fraction of sp³-hybridized carbons (Fsp3) is 0.143. The summed E-state index contributed by atoms with van der Waals surface area (Å²) in [7, 11) is 0. The average molecular weight is 467 g/mol. The van der Waals surface area contributed by atoms with Crippen molar-refractivity contribution in [2.24, 2.45) is 5.10 Å². The topological polar surface area (TPSA) is 146 Å². The zero-order valence-corrected chi connectivity index (χ0v) is 18.2. The van der Waals surface area contributed by atoms with Crippen molar-refractivity contribution in [3.63, 3.8) is 0 Å². The molecule has 2 aromatic carbocycles. The van der Waals surface area contributed by atoms with Crippen LogP contribution in [0.4, 0.5) is 5.82 Å². The number of nitrogens with one attached hydrogen (secondary N) is 1. The predicted octanol–water partition coefficient (Wildman–Crippen LogP) is 3.11. The lowest BCUT2D eigenvalue weighted by Gasteiger charge is -2.08. The SMILES string of the molecule is CCCOc1ccc(-c2c(C(=O)NN=Cc3ccccc3Cl)nnn2-c2nonc2N)cc1. The highest BCUT2D eigenvalue weighted by Crippen LogP contribution is 2.28. The third kappa shape index (κ3) is 4.83. The van der Waals surface area contributed by atoms with E-state index in [0.29, 0.717) is 34.2 Å². The summed E-state index contributed by atoms with van der Waals surface area (Å²) in [6.07, 6.45) is 2.32. The fourth-order valence-corrected chi connectivity index (χ4v) is 3.09. The first-order chi connectivity index (χ1) is 16.1. The number of hydrazone groups is 1. The molecule has 0 aliphatic carbocycles. The van der Waals surface area contributed by atoms with Crippen molar-refractivity contribution >= 4 is 29.5 Å². The number of halogens is 1. The Hall–Kier alpha value is -4.25. The van der Waals surface area contributed by atoms with Gasteiger partial charge in [0.2, 0.25) is 11.6 Å². The van der Waals surface area contributed by atoms with Crippen LogP contribution in [-0.2, 0) is 0 Å². The monoisotopic (exact) mass is 466 g/mol. The van der Waals surface area contributed by atoms with E-state index in [0.717, 1.165) is 6.42 Å². The van der Waals surface area contributed by atoms with Crippen molar-refractivity contribution in [2.75, 3.05) is 12.3 Å². The lowest BCUT2D eigenvalue weighted by atomic mass is 10.1. The van der Waals surface area contributed by atoms with Gasteiger partial charge in [0.1, 0.15) is 11.4 Å². The van der Waals surface area contributed by atoms with Crippen LogP contribution in [0.1, 0.15) is 29.4 Å². The molecule has 0 atom stereocenters. The Balaban J connectivity index is 1.67. The van der Waals surface area contributed by atoms with Crippen molar-refractivity contribution < 1.29 is 14.2 Å². The van der Waals surface area contributed by atoms with E-state index < -0.39 is 5.91 Å². The second-order valence-corrected chi connectivity index (χ2v) is 7.17. The van der Waals surface area contributed by atoms with Crippen LogP contribution in [0, 0.1) is 0 Å². The number of carbonyl (C=O) groups is 1. The van der Waals surface area contributed by atoms with Gasteiger partial charge in [0.15, 0.2) is 5.69 Å². The van der Waals surface area contributed by atoms with Gasteiger partial charge in [0.05, 0.1) is 12.8 Å². The lowest BCUT2D eigenvalue weighted by Crippen LogP contribution is -2.19. The van der Waals surface area contributed by atoms with E-state index in [1.54, 1.807) is 42.5 Å². The van der Waals surface area contributed by atoms with E-state index >= 15 is 0 Å². The molecule has 0 aliphatic heterocycles. The minimum Gasteiger partial charge on any atom is -0.494 e. The van der Waals surface area contributed by atoms with Crippen LogP contribution in [0.25, 0.3) is 17.1 Å². The van der Waals surface area contributed by atoms with Crippen LogP contribution in [0.3, 0.4) is 0 Å². The molecule has 0 radical (unpaired) electrons. The summed E-state index contributed by atoms with van der Waals surface area (Å²) in [5, 5.41) is 19.8. The van der Waals surface area contributed by atoms with Gasteiger partial charge in [-0.15, -0.1) is 5.10 Å². The van der Waals surface area contributed by atoms with Gasteiger partial charge in [-0.05, 0) is 47.1 Å². The highest BCUT2D eigenvalue weighted by atomic mass is 35.5. The molecular weight excluding hydrogens is 448 g/mol. The molecule has 4 aromatic rings. The molecule has 2 aromatic heterocycles. The Labute approximate surface area is 193 Å². The third-order valence-electron chi connectivity index (χ3n) is 4.46. The second kappa shape index (κ2) is 9.92. The molecule has 12 heteroatoms. The zero-order valence-electron chi connectivity index (χ0n) is 17.5. The number of aromatic nitrogens is 5. The van der Waals surface area contributed by atoms with Crippen molar-refractivity contribution in [1.82, 2.24) is 30.7 Å². The van der Waals surface area contributed by atoms with Crippen molar-refractivity contribution in [2.45, 2.75) is 13.3 Å². The molecule has 0 saturated heterocycles. The minimum atomic E-state index is -0.596. The van der Waals surface area contributed by atoms with Crippen LogP contribution >= 0.6 is 11.6 Å². The normalized spacial score (nSPS) is 11.1. The summed E-state index contributed by atoms with van der Waals surface area (Å²) < 4.78 is 11.6. The summed E-state index contributed by atoms with van der Waals surface area (Å²) in [6.45, 7) is 2.62. The first-order valence-corrected chi connectivity index (χ1v) is 10.3. The highest BCUT2D eigenvalue weighted by Gasteiger charge is 2.25. The predicted molar refractivity (Wildman–Crippen MR) is 121 cm³/mol. The fourth-order valence-electron chi connectivity index (χ4n) is 2.90. The summed E-state index contributed by atoms with van der Waals surface area (Å²) in [6, 6.07) is 14.2. The number of benzene rings is 2. The lowest BCUT2D eigenvalue weighted by molar-refractivity contribution is 0.0950.